The molecule has 1 aromatic heterocycles. The summed E-state index contributed by atoms with van der Waals surface area (Å²) in [5.74, 6) is -0.864. The van der Waals surface area contributed by atoms with Gasteiger partial charge in [0.1, 0.15) is 11.6 Å². The van der Waals surface area contributed by atoms with Crippen molar-refractivity contribution in [1.82, 2.24) is 19.5 Å². The lowest BCUT2D eigenvalue weighted by molar-refractivity contribution is -0.182. The first kappa shape index (κ1) is 18.9. The third-order valence-electron chi connectivity index (χ3n) is 4.95. The van der Waals surface area contributed by atoms with Crippen LogP contribution < -0.4 is 4.72 Å². The van der Waals surface area contributed by atoms with Gasteiger partial charge in [0.2, 0.25) is 10.0 Å². The van der Waals surface area contributed by atoms with E-state index in [2.05, 4.69) is 14.9 Å². The largest absolute Gasteiger partial charge is 0.393 e. The Labute approximate surface area is 159 Å². The van der Waals surface area contributed by atoms with Gasteiger partial charge in [0.15, 0.2) is 0 Å². The molecule has 10 heteroatoms. The van der Waals surface area contributed by atoms with Crippen LogP contribution in [0.15, 0.2) is 47.4 Å². The Bertz CT molecular complexity index is 1120. The standard InChI is InChI=1S/C18H17F3N4O2S/c19-18(20,21)13-8-9-16-23-24-17(25(16)11-13)10-22-28(26,27)15-7-3-5-12-4-1-2-6-14(12)15/h1-7,13,22H,8-11H2/t13-/m0/s1. The van der Waals surface area contributed by atoms with Gasteiger partial charge in [-0.3, -0.25) is 0 Å². The molecule has 0 saturated heterocycles. The fourth-order valence-corrected chi connectivity index (χ4v) is 4.66. The third kappa shape index (κ3) is 3.49. The third-order valence-corrected chi connectivity index (χ3v) is 6.41. The van der Waals surface area contributed by atoms with E-state index in [0.717, 1.165) is 5.39 Å². The van der Waals surface area contributed by atoms with Crippen molar-refractivity contribution in [2.45, 2.75) is 37.0 Å². The van der Waals surface area contributed by atoms with E-state index < -0.39 is 22.1 Å². The van der Waals surface area contributed by atoms with E-state index in [-0.39, 0.29) is 36.7 Å². The monoisotopic (exact) mass is 410 g/mol. The summed E-state index contributed by atoms with van der Waals surface area (Å²) in [5, 5.41) is 9.14. The normalized spacial score (nSPS) is 17.6. The van der Waals surface area contributed by atoms with Crippen molar-refractivity contribution in [1.29, 1.82) is 0 Å². The van der Waals surface area contributed by atoms with E-state index >= 15 is 0 Å². The van der Waals surface area contributed by atoms with Crippen LogP contribution in [0.4, 0.5) is 13.2 Å². The Morgan fingerprint density at radius 1 is 1.11 bits per heavy atom. The van der Waals surface area contributed by atoms with Crippen molar-refractivity contribution in [2.75, 3.05) is 0 Å². The van der Waals surface area contributed by atoms with E-state index in [1.807, 2.05) is 6.07 Å². The van der Waals surface area contributed by atoms with Gasteiger partial charge in [-0.1, -0.05) is 36.4 Å². The number of halogens is 3. The van der Waals surface area contributed by atoms with Crippen LogP contribution in [-0.2, 0) is 29.5 Å². The summed E-state index contributed by atoms with van der Waals surface area (Å²) in [6.07, 6.45) is -4.18. The smallest absolute Gasteiger partial charge is 0.313 e. The van der Waals surface area contributed by atoms with E-state index in [1.165, 1.54) is 10.6 Å². The molecule has 28 heavy (non-hydrogen) atoms. The van der Waals surface area contributed by atoms with Gasteiger partial charge in [-0.15, -0.1) is 10.2 Å². The maximum atomic E-state index is 13.1. The number of aryl methyl sites for hydroxylation is 1. The fraction of sp³-hybridized carbons (Fsp3) is 0.333. The number of sulfonamides is 1. The highest BCUT2D eigenvalue weighted by molar-refractivity contribution is 7.89. The molecular formula is C18H17F3N4O2S. The molecule has 4 rings (SSSR count). The van der Waals surface area contributed by atoms with Gasteiger partial charge in [-0.2, -0.15) is 13.2 Å². The summed E-state index contributed by atoms with van der Waals surface area (Å²) in [6.45, 7) is -0.527. The van der Waals surface area contributed by atoms with Crippen LogP contribution in [0, 0.1) is 5.92 Å². The number of nitrogens with zero attached hydrogens (tertiary/aromatic N) is 3. The molecule has 2 aromatic carbocycles. The lowest BCUT2D eigenvalue weighted by Gasteiger charge is -2.26. The molecule has 0 radical (unpaired) electrons. The van der Waals surface area contributed by atoms with Crippen LogP contribution in [0.3, 0.4) is 0 Å². The number of alkyl halides is 3. The molecule has 3 aromatic rings. The molecule has 0 aliphatic carbocycles. The quantitative estimate of drug-likeness (QED) is 0.717. The average Bonchev–Trinajstić information content (AvgIpc) is 3.07. The molecular weight excluding hydrogens is 393 g/mol. The van der Waals surface area contributed by atoms with Gasteiger partial charge in [0.25, 0.3) is 0 Å². The van der Waals surface area contributed by atoms with E-state index in [0.29, 0.717) is 11.2 Å². The van der Waals surface area contributed by atoms with Crippen molar-refractivity contribution in [3.63, 3.8) is 0 Å². The number of aromatic nitrogens is 3. The molecule has 1 N–H and O–H groups in total. The summed E-state index contributed by atoms with van der Waals surface area (Å²) in [7, 11) is -3.88. The van der Waals surface area contributed by atoms with Crippen molar-refractivity contribution < 1.29 is 21.6 Å². The molecule has 1 atom stereocenters. The molecule has 1 aliphatic heterocycles. The Hall–Kier alpha value is -2.46. The van der Waals surface area contributed by atoms with Gasteiger partial charge in [0.05, 0.1) is 17.4 Å². The zero-order valence-corrected chi connectivity index (χ0v) is 15.5. The highest BCUT2D eigenvalue weighted by atomic mass is 32.2. The number of hydrogen-bond donors (Lipinski definition) is 1. The summed E-state index contributed by atoms with van der Waals surface area (Å²) >= 11 is 0. The van der Waals surface area contributed by atoms with Crippen LogP contribution in [0.1, 0.15) is 18.1 Å². The van der Waals surface area contributed by atoms with E-state index in [1.54, 1.807) is 30.3 Å². The molecule has 0 spiro atoms. The van der Waals surface area contributed by atoms with Crippen LogP contribution in [0.2, 0.25) is 0 Å². The van der Waals surface area contributed by atoms with Crippen LogP contribution >= 0.6 is 0 Å². The summed E-state index contributed by atoms with van der Waals surface area (Å²) in [6, 6.07) is 12.0. The van der Waals surface area contributed by atoms with E-state index in [4.69, 9.17) is 0 Å². The molecule has 1 aliphatic rings. The van der Waals surface area contributed by atoms with Crippen molar-refractivity contribution >= 4 is 20.8 Å². The Balaban J connectivity index is 1.58. The number of hydrogen-bond acceptors (Lipinski definition) is 4. The summed E-state index contributed by atoms with van der Waals surface area (Å²) < 4.78 is 68.5. The number of rotatable bonds is 4. The first-order valence-corrected chi connectivity index (χ1v) is 10.2. The van der Waals surface area contributed by atoms with Crippen molar-refractivity contribution in [2.24, 2.45) is 5.92 Å². The van der Waals surface area contributed by atoms with E-state index in [9.17, 15) is 21.6 Å². The Morgan fingerprint density at radius 2 is 1.86 bits per heavy atom. The lowest BCUT2D eigenvalue weighted by Crippen LogP contribution is -2.34. The fourth-order valence-electron chi connectivity index (χ4n) is 3.45. The van der Waals surface area contributed by atoms with Gasteiger partial charge in [0, 0.05) is 18.4 Å². The summed E-state index contributed by atoms with van der Waals surface area (Å²) in [5.41, 5.74) is 0. The van der Waals surface area contributed by atoms with Gasteiger partial charge in [-0.25, -0.2) is 13.1 Å². The second-order valence-electron chi connectivity index (χ2n) is 6.72. The molecule has 0 fully saturated rings. The summed E-state index contributed by atoms with van der Waals surface area (Å²) in [4.78, 5) is 0.108. The second-order valence-corrected chi connectivity index (χ2v) is 8.46. The highest BCUT2D eigenvalue weighted by Gasteiger charge is 2.42. The SMILES string of the molecule is O=S(=O)(NCc1nnc2n1C[C@@H](C(F)(F)F)CC2)c1cccc2ccccc12. The first-order chi connectivity index (χ1) is 13.3. The maximum absolute atomic E-state index is 13.1. The Kier molecular flexibility index (Phi) is 4.62. The molecule has 148 valence electrons. The average molecular weight is 410 g/mol. The number of fused-ring (bicyclic) bond motifs is 2. The topological polar surface area (TPSA) is 76.9 Å². The first-order valence-electron chi connectivity index (χ1n) is 8.71. The predicted octanol–water partition coefficient (Wildman–Crippen LogP) is 3.03. The van der Waals surface area contributed by atoms with Gasteiger partial charge >= 0.3 is 6.18 Å². The second kappa shape index (κ2) is 6.85. The molecule has 0 unspecified atom stereocenters. The molecule has 2 heterocycles. The minimum absolute atomic E-state index is 0.0383. The maximum Gasteiger partial charge on any atom is 0.393 e. The van der Waals surface area contributed by atoms with Gasteiger partial charge < -0.3 is 4.57 Å². The lowest BCUT2D eigenvalue weighted by atomic mass is 9.99. The van der Waals surface area contributed by atoms with Gasteiger partial charge in [-0.05, 0) is 17.9 Å². The zero-order valence-electron chi connectivity index (χ0n) is 14.6. The molecule has 0 bridgehead atoms. The van der Waals surface area contributed by atoms with Crippen molar-refractivity contribution in [3.8, 4) is 0 Å². The van der Waals surface area contributed by atoms with Crippen LogP contribution in [0.25, 0.3) is 10.8 Å². The Morgan fingerprint density at radius 3 is 2.64 bits per heavy atom. The molecule has 0 saturated carbocycles. The van der Waals surface area contributed by atoms with Crippen LogP contribution in [0.5, 0.6) is 0 Å². The minimum atomic E-state index is -4.30. The minimum Gasteiger partial charge on any atom is -0.313 e. The molecule has 6 nitrogen and oxygen atoms in total. The van der Waals surface area contributed by atoms with Crippen LogP contribution in [-0.4, -0.2) is 29.4 Å². The van der Waals surface area contributed by atoms with Crippen molar-refractivity contribution in [3.05, 3.63) is 54.1 Å². The molecule has 0 amide bonds. The number of benzene rings is 2. The number of nitrogens with one attached hydrogen (secondary N) is 1. The zero-order chi connectivity index (χ0) is 19.9. The predicted molar refractivity (Wildman–Crippen MR) is 95.9 cm³/mol. The highest BCUT2D eigenvalue weighted by Crippen LogP contribution is 2.34.